The van der Waals surface area contributed by atoms with Crippen molar-refractivity contribution < 1.29 is 4.79 Å². The number of nitrogens with one attached hydrogen (secondary N) is 1. The van der Waals surface area contributed by atoms with E-state index < -0.39 is 0 Å². The van der Waals surface area contributed by atoms with Crippen molar-refractivity contribution in [1.82, 2.24) is 14.8 Å². The molecule has 1 N–H and O–H groups in total. The van der Waals surface area contributed by atoms with Crippen LogP contribution in [0.25, 0.3) is 16.0 Å². The fourth-order valence-electron chi connectivity index (χ4n) is 4.29. The van der Waals surface area contributed by atoms with Crippen LogP contribution in [0.5, 0.6) is 0 Å². The van der Waals surface area contributed by atoms with E-state index in [2.05, 4.69) is 29.3 Å². The van der Waals surface area contributed by atoms with Gasteiger partial charge in [0.25, 0.3) is 0 Å². The second kappa shape index (κ2) is 8.74. The summed E-state index contributed by atoms with van der Waals surface area (Å²) in [5.74, 6) is 0.0449. The Balaban J connectivity index is 1.35. The summed E-state index contributed by atoms with van der Waals surface area (Å²) in [4.78, 5) is 20.2. The smallest absolute Gasteiger partial charge is 0.229 e. The number of hydrogen-bond donors (Lipinski definition) is 1. The third kappa shape index (κ3) is 4.00. The van der Waals surface area contributed by atoms with Gasteiger partial charge in [-0.05, 0) is 56.0 Å². The van der Waals surface area contributed by atoms with E-state index in [0.29, 0.717) is 6.54 Å². The van der Waals surface area contributed by atoms with E-state index in [1.54, 1.807) is 11.3 Å². The molecular weight excluding hydrogens is 418 g/mol. The van der Waals surface area contributed by atoms with Gasteiger partial charge in [-0.1, -0.05) is 48.6 Å². The molecule has 164 valence electrons. The molecule has 5 rings (SSSR count). The van der Waals surface area contributed by atoms with Crippen molar-refractivity contribution in [2.24, 2.45) is 5.92 Å². The molecule has 0 spiro atoms. The zero-order chi connectivity index (χ0) is 22.1. The Morgan fingerprint density at radius 3 is 2.84 bits per heavy atom. The molecule has 4 aromatic rings. The first-order valence-electron chi connectivity index (χ1n) is 11.2. The van der Waals surface area contributed by atoms with Gasteiger partial charge in [-0.25, -0.2) is 4.68 Å². The lowest BCUT2D eigenvalue weighted by Crippen LogP contribution is -2.40. The minimum absolute atomic E-state index is 0.0484. The first kappa shape index (κ1) is 20.7. The number of para-hydroxylation sites is 1. The Bertz CT molecular complexity index is 1250. The van der Waals surface area contributed by atoms with Gasteiger partial charge in [-0.2, -0.15) is 10.1 Å². The van der Waals surface area contributed by atoms with Gasteiger partial charge in [0.2, 0.25) is 5.91 Å². The monoisotopic (exact) mass is 445 g/mol. The number of carbonyl (C=O) groups excluding carboxylic acids is 1. The summed E-state index contributed by atoms with van der Waals surface area (Å²) in [5.41, 5.74) is 4.98. The molecule has 1 amide bonds. The SMILES string of the molecule is CCc1cccc(NC(=O)[C@H]2CCCN(c3nc4c(s3)c(C)nn4-c3ccccc3)C2)c1. The molecule has 1 saturated heterocycles. The maximum atomic E-state index is 13.0. The number of amides is 1. The first-order chi connectivity index (χ1) is 15.6. The van der Waals surface area contributed by atoms with Gasteiger partial charge in [-0.3, -0.25) is 4.79 Å². The summed E-state index contributed by atoms with van der Waals surface area (Å²) in [5, 5.41) is 8.78. The van der Waals surface area contributed by atoms with Crippen molar-refractivity contribution in [2.45, 2.75) is 33.1 Å². The number of benzene rings is 2. The number of hydrogen-bond acceptors (Lipinski definition) is 5. The molecular formula is C25H27N5OS. The molecule has 32 heavy (non-hydrogen) atoms. The number of rotatable bonds is 5. The van der Waals surface area contributed by atoms with Crippen LogP contribution in [0.2, 0.25) is 0 Å². The first-order valence-corrected chi connectivity index (χ1v) is 12.0. The van der Waals surface area contributed by atoms with E-state index in [9.17, 15) is 4.79 Å². The Hall–Kier alpha value is -3.19. The van der Waals surface area contributed by atoms with Crippen LogP contribution < -0.4 is 10.2 Å². The Kier molecular flexibility index (Phi) is 5.66. The van der Waals surface area contributed by atoms with Gasteiger partial charge < -0.3 is 10.2 Å². The summed E-state index contributed by atoms with van der Waals surface area (Å²) >= 11 is 1.67. The summed E-state index contributed by atoms with van der Waals surface area (Å²) < 4.78 is 3.02. The van der Waals surface area contributed by atoms with Crippen molar-refractivity contribution in [3.05, 3.63) is 65.9 Å². The maximum Gasteiger partial charge on any atom is 0.229 e. The van der Waals surface area contributed by atoms with Crippen molar-refractivity contribution in [3.63, 3.8) is 0 Å². The van der Waals surface area contributed by atoms with Crippen molar-refractivity contribution in [1.29, 1.82) is 0 Å². The number of piperidine rings is 1. The predicted molar refractivity (Wildman–Crippen MR) is 131 cm³/mol. The van der Waals surface area contributed by atoms with Gasteiger partial charge in [0.15, 0.2) is 10.8 Å². The Morgan fingerprint density at radius 1 is 1.19 bits per heavy atom. The number of carbonyl (C=O) groups is 1. The Labute approximate surface area is 191 Å². The zero-order valence-corrected chi connectivity index (χ0v) is 19.2. The molecule has 0 radical (unpaired) electrons. The third-order valence-corrected chi connectivity index (χ3v) is 7.26. The van der Waals surface area contributed by atoms with E-state index in [0.717, 1.165) is 58.4 Å². The molecule has 6 nitrogen and oxygen atoms in total. The standard InChI is InChI=1S/C25H27N5OS/c1-3-18-9-7-11-20(15-18)26-24(31)19-10-8-14-29(16-19)25-27-23-22(32-25)17(2)28-30(23)21-12-5-4-6-13-21/h4-7,9,11-13,15,19H,3,8,10,14,16H2,1-2H3,(H,26,31)/t19-/m0/s1. The van der Waals surface area contributed by atoms with Gasteiger partial charge >= 0.3 is 0 Å². The van der Waals surface area contributed by atoms with E-state index in [-0.39, 0.29) is 11.8 Å². The van der Waals surface area contributed by atoms with Crippen molar-refractivity contribution in [2.75, 3.05) is 23.3 Å². The van der Waals surface area contributed by atoms with Gasteiger partial charge in [-0.15, -0.1) is 0 Å². The lowest BCUT2D eigenvalue weighted by Gasteiger charge is -2.31. The molecule has 0 saturated carbocycles. The third-order valence-electron chi connectivity index (χ3n) is 6.04. The van der Waals surface area contributed by atoms with Crippen LogP contribution in [0.4, 0.5) is 10.8 Å². The number of anilines is 2. The highest BCUT2D eigenvalue weighted by Gasteiger charge is 2.28. The lowest BCUT2D eigenvalue weighted by molar-refractivity contribution is -0.120. The van der Waals surface area contributed by atoms with Gasteiger partial charge in [0, 0.05) is 18.8 Å². The summed E-state index contributed by atoms with van der Waals surface area (Å²) in [6.45, 7) is 5.76. The molecule has 0 unspecified atom stereocenters. The second-order valence-corrected chi connectivity index (χ2v) is 9.29. The van der Waals surface area contributed by atoms with Gasteiger partial charge in [0.1, 0.15) is 0 Å². The molecule has 2 aromatic heterocycles. The molecule has 1 aliphatic rings. The molecule has 0 bridgehead atoms. The van der Waals surface area contributed by atoms with Crippen LogP contribution in [-0.2, 0) is 11.2 Å². The van der Waals surface area contributed by atoms with Crippen LogP contribution in [-0.4, -0.2) is 33.8 Å². The fraction of sp³-hybridized carbons (Fsp3) is 0.320. The molecule has 7 heteroatoms. The minimum atomic E-state index is -0.0484. The largest absolute Gasteiger partial charge is 0.347 e. The van der Waals surface area contributed by atoms with E-state index in [4.69, 9.17) is 10.1 Å². The van der Waals surface area contributed by atoms with Crippen LogP contribution in [0, 0.1) is 12.8 Å². The summed E-state index contributed by atoms with van der Waals surface area (Å²) in [6, 6.07) is 18.2. The predicted octanol–water partition coefficient (Wildman–Crippen LogP) is 5.21. The molecule has 1 aliphatic heterocycles. The fourth-order valence-corrected chi connectivity index (χ4v) is 5.31. The number of aryl methyl sites for hydroxylation is 2. The lowest BCUT2D eigenvalue weighted by atomic mass is 9.97. The highest BCUT2D eigenvalue weighted by molar-refractivity contribution is 7.22. The van der Waals surface area contributed by atoms with E-state index in [1.165, 1.54) is 5.56 Å². The molecule has 3 heterocycles. The number of fused-ring (bicyclic) bond motifs is 1. The number of aromatic nitrogens is 3. The molecule has 1 atom stereocenters. The number of nitrogens with zero attached hydrogens (tertiary/aromatic N) is 4. The van der Waals surface area contributed by atoms with E-state index >= 15 is 0 Å². The average molecular weight is 446 g/mol. The normalized spacial score (nSPS) is 16.4. The van der Waals surface area contributed by atoms with Crippen molar-refractivity contribution in [3.8, 4) is 5.69 Å². The van der Waals surface area contributed by atoms with Crippen LogP contribution in [0.15, 0.2) is 54.6 Å². The van der Waals surface area contributed by atoms with Crippen LogP contribution >= 0.6 is 11.3 Å². The molecule has 1 fully saturated rings. The highest BCUT2D eigenvalue weighted by Crippen LogP contribution is 2.34. The maximum absolute atomic E-state index is 13.0. The quantitative estimate of drug-likeness (QED) is 0.458. The average Bonchev–Trinajstić information content (AvgIpc) is 3.40. The Morgan fingerprint density at radius 2 is 2.03 bits per heavy atom. The molecule has 2 aromatic carbocycles. The minimum Gasteiger partial charge on any atom is -0.347 e. The van der Waals surface area contributed by atoms with E-state index in [1.807, 2.05) is 54.1 Å². The summed E-state index contributed by atoms with van der Waals surface area (Å²) in [7, 11) is 0. The topological polar surface area (TPSA) is 63.1 Å². The number of thiazole rings is 1. The van der Waals surface area contributed by atoms with Crippen LogP contribution in [0.3, 0.4) is 0 Å². The van der Waals surface area contributed by atoms with Gasteiger partial charge in [0.05, 0.1) is 22.0 Å². The highest BCUT2D eigenvalue weighted by atomic mass is 32.1. The zero-order valence-electron chi connectivity index (χ0n) is 18.4. The van der Waals surface area contributed by atoms with Crippen LogP contribution in [0.1, 0.15) is 31.0 Å². The molecule has 0 aliphatic carbocycles. The second-order valence-electron chi connectivity index (χ2n) is 8.31. The van der Waals surface area contributed by atoms with Crippen molar-refractivity contribution >= 4 is 38.4 Å². The summed E-state index contributed by atoms with van der Waals surface area (Å²) in [6.07, 6.45) is 2.84.